The molecule has 0 unspecified atom stereocenters. The van der Waals surface area contributed by atoms with Crippen LogP contribution in [-0.4, -0.2) is 48.3 Å². The number of aromatic nitrogens is 6. The highest BCUT2D eigenvalue weighted by Gasteiger charge is 2.20. The zero-order valence-corrected chi connectivity index (χ0v) is 36.9. The van der Waals surface area contributed by atoms with Gasteiger partial charge in [0.25, 0.3) is 5.69 Å². The topological polar surface area (TPSA) is 250 Å². The molecule has 0 aliphatic rings. The molecule has 0 spiro atoms. The number of nitrogens with one attached hydrogen (secondary N) is 3. The van der Waals surface area contributed by atoms with Gasteiger partial charge in [0.2, 0.25) is 10.3 Å². The van der Waals surface area contributed by atoms with E-state index in [1.54, 1.807) is 59.1 Å². The first-order valence-corrected chi connectivity index (χ1v) is 22.9. The smallest absolute Gasteiger partial charge is 0.269 e. The minimum Gasteiger partial charge on any atom is -0.731 e. The molecule has 0 bridgehead atoms. The molecule has 8 rings (SSSR count). The third kappa shape index (κ3) is 12.7. The van der Waals surface area contributed by atoms with Gasteiger partial charge in [0.15, 0.2) is 10.3 Å². The lowest BCUT2D eigenvalue weighted by Gasteiger charge is -2.17. The Bertz CT molecular complexity index is 2750. The standard InChI is InChI=1S/C20H19N5O3S3.C20H17N5O2S2.H3N/c1-13-23-24-20(30-13)22-17(11-14-7-9-16(10-8-14)25-31(26,27)28)18-12-29-19(21-18)15-5-3-2-4-6-15;1-13-23-24-20(29-13)22-17(11-14-7-9-16(10-8-14)25(26)27)18-12-28-19(21-18)15-5-3-2-4-6-15;/h2-10,12,17,25H,11H2,1H3,(H,22,24)(H,26,27,28);2-10,12,17H,11H2,1H3,(H,22,24);1H3/t2*17-;/m00./s1. The van der Waals surface area contributed by atoms with E-state index in [9.17, 15) is 23.1 Å². The fraction of sp³-hybridized carbons (Fsp3) is 0.150. The molecule has 0 radical (unpaired) electrons. The van der Waals surface area contributed by atoms with E-state index in [0.717, 1.165) is 58.8 Å². The van der Waals surface area contributed by atoms with Crippen LogP contribution in [0.3, 0.4) is 0 Å². The van der Waals surface area contributed by atoms with Gasteiger partial charge < -0.3 is 21.3 Å². The summed E-state index contributed by atoms with van der Waals surface area (Å²) < 4.78 is 34.6. The van der Waals surface area contributed by atoms with Gasteiger partial charge in [-0.25, -0.2) is 18.4 Å². The summed E-state index contributed by atoms with van der Waals surface area (Å²) in [6, 6.07) is 33.0. The Morgan fingerprint density at radius 3 is 1.44 bits per heavy atom. The van der Waals surface area contributed by atoms with Crippen LogP contribution in [0.4, 0.5) is 21.6 Å². The van der Waals surface area contributed by atoms with E-state index in [1.165, 1.54) is 34.8 Å². The first-order chi connectivity index (χ1) is 28.9. The van der Waals surface area contributed by atoms with E-state index in [4.69, 9.17) is 9.97 Å². The average Bonchev–Trinajstić information content (AvgIpc) is 4.08. The molecule has 0 aliphatic heterocycles. The highest BCUT2D eigenvalue weighted by molar-refractivity contribution is 7.87. The lowest BCUT2D eigenvalue weighted by atomic mass is 10.0. The van der Waals surface area contributed by atoms with E-state index >= 15 is 0 Å². The molecule has 2 atom stereocenters. The molecular weight excluding hydrogens is 875 g/mol. The van der Waals surface area contributed by atoms with Gasteiger partial charge in [-0.3, -0.25) is 14.8 Å². The molecule has 21 heteroatoms. The van der Waals surface area contributed by atoms with E-state index < -0.39 is 15.2 Å². The maximum atomic E-state index is 10.9. The van der Waals surface area contributed by atoms with Crippen molar-refractivity contribution in [3.05, 3.63) is 163 Å². The molecule has 4 heterocycles. The van der Waals surface area contributed by atoms with Crippen LogP contribution < -0.4 is 21.5 Å². The van der Waals surface area contributed by atoms with Gasteiger partial charge in [0.05, 0.1) is 28.4 Å². The van der Waals surface area contributed by atoms with Crippen LogP contribution in [0, 0.1) is 24.0 Å². The third-order valence-corrected chi connectivity index (χ3v) is 12.5. The number of hydrogen-bond acceptors (Lipinski definition) is 17. The first-order valence-electron chi connectivity index (χ1n) is 18.1. The highest BCUT2D eigenvalue weighted by atomic mass is 32.2. The van der Waals surface area contributed by atoms with Crippen LogP contribution in [-0.2, 0) is 23.1 Å². The summed E-state index contributed by atoms with van der Waals surface area (Å²) in [5, 5.41) is 43.3. The Labute approximate surface area is 367 Å². The molecule has 0 fully saturated rings. The normalized spacial score (nSPS) is 12.0. The second-order valence-corrected chi connectivity index (χ2v) is 18.3. The van der Waals surface area contributed by atoms with Crippen molar-refractivity contribution in [2.75, 3.05) is 15.4 Å². The molecule has 4 aromatic carbocycles. The number of nitro groups is 1. The largest absolute Gasteiger partial charge is 0.731 e. The van der Waals surface area contributed by atoms with Crippen molar-refractivity contribution in [2.45, 2.75) is 38.8 Å². The summed E-state index contributed by atoms with van der Waals surface area (Å²) >= 11 is 6.11. The van der Waals surface area contributed by atoms with Gasteiger partial charge >= 0.3 is 0 Å². The maximum Gasteiger partial charge on any atom is 0.269 e. The number of nitrogens with zero attached hydrogens (tertiary/aromatic N) is 7. The molecule has 0 amide bonds. The lowest BCUT2D eigenvalue weighted by molar-refractivity contribution is -0.384. The Kier molecular flexibility index (Phi) is 14.9. The average molecular weight is 914 g/mol. The summed E-state index contributed by atoms with van der Waals surface area (Å²) in [4.78, 5) is 20.2. The summed E-state index contributed by atoms with van der Waals surface area (Å²) in [5.41, 5.74) is 6.13. The number of hydrogen-bond donors (Lipinski definition) is 4. The van der Waals surface area contributed by atoms with Crippen molar-refractivity contribution >= 4 is 77.3 Å². The van der Waals surface area contributed by atoms with Gasteiger partial charge in [-0.15, -0.1) is 43.1 Å². The molecule has 61 heavy (non-hydrogen) atoms. The van der Waals surface area contributed by atoms with Crippen LogP contribution in [0.25, 0.3) is 21.1 Å². The number of thiazole rings is 2. The van der Waals surface area contributed by atoms with Gasteiger partial charge in [0.1, 0.15) is 20.0 Å². The Balaban J connectivity index is 0.000000201. The predicted molar refractivity (Wildman–Crippen MR) is 243 cm³/mol. The third-order valence-electron chi connectivity index (χ3n) is 8.67. The molecule has 8 aromatic rings. The number of nitro benzene ring substituents is 1. The summed E-state index contributed by atoms with van der Waals surface area (Å²) in [6.45, 7) is 3.80. The molecule has 4 aromatic heterocycles. The van der Waals surface area contributed by atoms with Gasteiger partial charge in [-0.05, 0) is 49.9 Å². The number of quaternary nitrogens is 1. The monoisotopic (exact) mass is 913 g/mol. The second-order valence-electron chi connectivity index (χ2n) is 13.1. The first kappa shape index (κ1) is 44.5. The SMILES string of the molecule is Cc1nnc(N[C@@H](Cc2ccc(NS(=O)(=O)[O-])cc2)c2csc(-c3ccccc3)n2)s1.Cc1nnc(N[C@@H](Cc2ccc([N+](=O)[O-])cc2)c2csc(-c3ccccc3)n2)s1.[NH4+]. The van der Waals surface area contributed by atoms with Gasteiger partial charge in [-0.2, -0.15) is 0 Å². The molecule has 16 nitrogen and oxygen atoms in total. The van der Waals surface area contributed by atoms with Crippen LogP contribution in [0.15, 0.2) is 120 Å². The van der Waals surface area contributed by atoms with Crippen molar-refractivity contribution in [3.63, 3.8) is 0 Å². The highest BCUT2D eigenvalue weighted by Crippen LogP contribution is 2.33. The Morgan fingerprint density at radius 1 is 0.639 bits per heavy atom. The summed E-state index contributed by atoms with van der Waals surface area (Å²) in [6.07, 6.45) is 1.20. The van der Waals surface area contributed by atoms with Gasteiger partial charge in [-0.1, -0.05) is 108 Å². The maximum absolute atomic E-state index is 10.9. The summed E-state index contributed by atoms with van der Waals surface area (Å²) in [5.74, 6) is 0. The quantitative estimate of drug-likeness (QED) is 0.0425. The molecule has 314 valence electrons. The van der Waals surface area contributed by atoms with Crippen molar-refractivity contribution in [1.82, 2.24) is 36.5 Å². The van der Waals surface area contributed by atoms with Crippen LogP contribution in [0.5, 0.6) is 0 Å². The zero-order chi connectivity index (χ0) is 42.1. The zero-order valence-electron chi connectivity index (χ0n) is 32.8. The number of benzene rings is 4. The fourth-order valence-corrected chi connectivity index (χ4v) is 9.34. The van der Waals surface area contributed by atoms with Crippen LogP contribution >= 0.6 is 45.3 Å². The van der Waals surface area contributed by atoms with Crippen molar-refractivity contribution in [3.8, 4) is 21.1 Å². The van der Waals surface area contributed by atoms with Crippen molar-refractivity contribution in [1.29, 1.82) is 0 Å². The lowest BCUT2D eigenvalue weighted by Crippen LogP contribution is -2.14. The van der Waals surface area contributed by atoms with E-state index in [1.807, 2.05) is 90.0 Å². The van der Waals surface area contributed by atoms with E-state index in [2.05, 4.69) is 31.0 Å². The van der Waals surface area contributed by atoms with Gasteiger partial charge in [0, 0.05) is 39.7 Å². The Morgan fingerprint density at radius 2 is 1.07 bits per heavy atom. The van der Waals surface area contributed by atoms with Crippen LogP contribution in [0.1, 0.15) is 44.6 Å². The van der Waals surface area contributed by atoms with Crippen molar-refractivity contribution < 1.29 is 17.9 Å². The second kappa shape index (κ2) is 20.5. The minimum atomic E-state index is -4.55. The fourth-order valence-electron chi connectivity index (χ4n) is 5.86. The minimum absolute atomic E-state index is 0. The molecule has 7 N–H and O–H groups in total. The molecular formula is C40H39N11O5S5. The number of rotatable bonds is 15. The van der Waals surface area contributed by atoms with Crippen molar-refractivity contribution in [2.24, 2.45) is 0 Å². The molecule has 0 saturated carbocycles. The van der Waals surface area contributed by atoms with E-state index in [0.29, 0.717) is 18.0 Å². The number of non-ortho nitro benzene ring substituents is 1. The molecule has 0 aliphatic carbocycles. The van der Waals surface area contributed by atoms with E-state index in [-0.39, 0.29) is 29.6 Å². The molecule has 0 saturated heterocycles. The number of anilines is 3. The van der Waals surface area contributed by atoms with Crippen LogP contribution in [0.2, 0.25) is 0 Å². The number of aryl methyl sites for hydroxylation is 2. The predicted octanol–water partition coefficient (Wildman–Crippen LogP) is 9.89. The summed E-state index contributed by atoms with van der Waals surface area (Å²) in [7, 11) is -4.55. The Hall–Kier alpha value is -6.07.